The number of rotatable bonds is 5. The number of amides is 1. The predicted molar refractivity (Wildman–Crippen MR) is 83.5 cm³/mol. The van der Waals surface area contributed by atoms with E-state index in [0.29, 0.717) is 6.54 Å². The van der Waals surface area contributed by atoms with Gasteiger partial charge in [0.2, 0.25) is 0 Å². The first-order valence-corrected chi connectivity index (χ1v) is 7.06. The van der Waals surface area contributed by atoms with E-state index in [1.807, 2.05) is 18.2 Å². The second kappa shape index (κ2) is 6.88. The molecule has 110 valence electrons. The fourth-order valence-electron chi connectivity index (χ4n) is 2.21. The number of nitrogens with zero attached hydrogens (tertiary/aromatic N) is 1. The van der Waals surface area contributed by atoms with E-state index in [9.17, 15) is 9.59 Å². The Morgan fingerprint density at radius 3 is 2.62 bits per heavy atom. The Morgan fingerprint density at radius 1 is 1.24 bits per heavy atom. The highest BCUT2D eigenvalue weighted by Gasteiger charge is 2.14. The highest BCUT2D eigenvalue weighted by Crippen LogP contribution is 2.04. The summed E-state index contributed by atoms with van der Waals surface area (Å²) >= 11 is 0. The van der Waals surface area contributed by atoms with Gasteiger partial charge in [0.25, 0.3) is 5.91 Å². The molecule has 1 N–H and O–H groups in total. The summed E-state index contributed by atoms with van der Waals surface area (Å²) in [6.45, 7) is 2.42. The number of carbonyl (C=O) groups excluding carboxylic acids is 1. The largest absolute Gasteiger partial charge is 0.364 e. The van der Waals surface area contributed by atoms with Gasteiger partial charge in [0.05, 0.1) is 0 Å². The van der Waals surface area contributed by atoms with Crippen LogP contribution in [-0.2, 0) is 6.42 Å². The molecule has 0 aliphatic heterocycles. The van der Waals surface area contributed by atoms with Crippen LogP contribution in [-0.4, -0.2) is 29.4 Å². The average Bonchev–Trinajstić information content (AvgIpc) is 2.47. The lowest BCUT2D eigenvalue weighted by Crippen LogP contribution is -2.32. The van der Waals surface area contributed by atoms with E-state index in [-0.39, 0.29) is 16.9 Å². The summed E-state index contributed by atoms with van der Waals surface area (Å²) in [5.41, 5.74) is 1.98. The van der Waals surface area contributed by atoms with Crippen LogP contribution in [0.2, 0.25) is 0 Å². The second-order valence-electron chi connectivity index (χ2n) is 5.21. The van der Waals surface area contributed by atoms with Crippen molar-refractivity contribution in [1.82, 2.24) is 9.88 Å². The topological polar surface area (TPSA) is 53.2 Å². The van der Waals surface area contributed by atoms with E-state index in [1.165, 1.54) is 17.8 Å². The molecule has 0 fully saturated rings. The maximum atomic E-state index is 12.2. The molecule has 1 aromatic carbocycles. The molecule has 0 radical (unpaired) electrons. The highest BCUT2D eigenvalue weighted by molar-refractivity contribution is 5.93. The Morgan fingerprint density at radius 2 is 1.95 bits per heavy atom. The zero-order valence-corrected chi connectivity index (χ0v) is 12.4. The van der Waals surface area contributed by atoms with Crippen LogP contribution in [0.5, 0.6) is 0 Å². The minimum atomic E-state index is -0.232. The molecule has 1 aromatic heterocycles. The van der Waals surface area contributed by atoms with E-state index in [2.05, 4.69) is 17.1 Å². The molecular weight excluding hydrogens is 264 g/mol. The Labute approximate surface area is 124 Å². The van der Waals surface area contributed by atoms with Gasteiger partial charge in [0.15, 0.2) is 5.43 Å². The molecule has 0 bridgehead atoms. The zero-order valence-electron chi connectivity index (χ0n) is 12.4. The van der Waals surface area contributed by atoms with Gasteiger partial charge in [-0.2, -0.15) is 0 Å². The number of H-pyrrole nitrogens is 1. The molecule has 2 rings (SSSR count). The second-order valence-corrected chi connectivity index (χ2v) is 5.21. The van der Waals surface area contributed by atoms with Crippen LogP contribution in [0.25, 0.3) is 0 Å². The van der Waals surface area contributed by atoms with Gasteiger partial charge in [-0.25, -0.2) is 0 Å². The fraction of sp³-hybridized carbons (Fsp3) is 0.294. The van der Waals surface area contributed by atoms with Gasteiger partial charge in [-0.1, -0.05) is 30.3 Å². The Hall–Kier alpha value is -2.36. The molecular formula is C17H20N2O2. The third-order valence-electron chi connectivity index (χ3n) is 3.44. The van der Waals surface area contributed by atoms with Gasteiger partial charge >= 0.3 is 0 Å². The third kappa shape index (κ3) is 4.05. The van der Waals surface area contributed by atoms with Crippen molar-refractivity contribution < 1.29 is 4.79 Å². The lowest BCUT2D eigenvalue weighted by atomic mass is 10.1. The number of aryl methyl sites for hydroxylation is 2. The normalized spacial score (nSPS) is 10.4. The molecule has 0 spiro atoms. The van der Waals surface area contributed by atoms with Crippen molar-refractivity contribution in [2.24, 2.45) is 0 Å². The molecule has 2 aromatic rings. The van der Waals surface area contributed by atoms with E-state index >= 15 is 0 Å². The summed E-state index contributed by atoms with van der Waals surface area (Å²) in [4.78, 5) is 28.5. The van der Waals surface area contributed by atoms with E-state index in [1.54, 1.807) is 18.9 Å². The number of carbonyl (C=O) groups is 1. The number of hydrogen-bond acceptors (Lipinski definition) is 2. The van der Waals surface area contributed by atoms with Crippen LogP contribution in [0, 0.1) is 6.92 Å². The fourth-order valence-corrected chi connectivity index (χ4v) is 2.21. The monoisotopic (exact) mass is 284 g/mol. The zero-order chi connectivity index (χ0) is 15.2. The number of aromatic amines is 1. The average molecular weight is 284 g/mol. The number of hydrogen-bond donors (Lipinski definition) is 1. The first-order chi connectivity index (χ1) is 10.1. The van der Waals surface area contributed by atoms with Gasteiger partial charge in [0.1, 0.15) is 5.56 Å². The highest BCUT2D eigenvalue weighted by atomic mass is 16.2. The molecule has 21 heavy (non-hydrogen) atoms. The molecule has 4 heteroatoms. The molecule has 0 aliphatic carbocycles. The Balaban J connectivity index is 1.92. The van der Waals surface area contributed by atoms with Crippen molar-refractivity contribution in [2.75, 3.05) is 13.6 Å². The van der Waals surface area contributed by atoms with Crippen molar-refractivity contribution in [3.05, 3.63) is 69.6 Å². The predicted octanol–water partition coefficient (Wildman–Crippen LogP) is 2.39. The number of pyridine rings is 1. The van der Waals surface area contributed by atoms with Crippen molar-refractivity contribution in [3.8, 4) is 0 Å². The van der Waals surface area contributed by atoms with Crippen molar-refractivity contribution >= 4 is 5.91 Å². The van der Waals surface area contributed by atoms with E-state index in [0.717, 1.165) is 18.5 Å². The quantitative estimate of drug-likeness (QED) is 0.916. The number of aromatic nitrogens is 1. The molecule has 4 nitrogen and oxygen atoms in total. The van der Waals surface area contributed by atoms with E-state index in [4.69, 9.17) is 0 Å². The summed E-state index contributed by atoms with van der Waals surface area (Å²) in [7, 11) is 1.73. The molecule has 0 atom stereocenters. The van der Waals surface area contributed by atoms with Gasteiger partial charge in [-0.05, 0) is 25.3 Å². The summed E-state index contributed by atoms with van der Waals surface area (Å²) in [6.07, 6.45) is 3.28. The van der Waals surface area contributed by atoms with Crippen LogP contribution in [0.15, 0.2) is 47.4 Å². The van der Waals surface area contributed by atoms with Crippen LogP contribution >= 0.6 is 0 Å². The van der Waals surface area contributed by atoms with Crippen molar-refractivity contribution in [2.45, 2.75) is 19.8 Å². The first-order valence-electron chi connectivity index (χ1n) is 7.06. The molecule has 0 saturated carbocycles. The lowest BCUT2D eigenvalue weighted by Gasteiger charge is -2.16. The molecule has 1 heterocycles. The molecule has 0 aliphatic rings. The minimum Gasteiger partial charge on any atom is -0.364 e. The van der Waals surface area contributed by atoms with Gasteiger partial charge in [0, 0.05) is 31.5 Å². The summed E-state index contributed by atoms with van der Waals surface area (Å²) in [5, 5.41) is 0. The van der Waals surface area contributed by atoms with Crippen molar-refractivity contribution in [1.29, 1.82) is 0 Å². The minimum absolute atomic E-state index is 0.197. The number of benzene rings is 1. The maximum Gasteiger partial charge on any atom is 0.259 e. The standard InChI is InChI=1S/C17H20N2O2/c1-13-11-16(20)15(12-18-13)17(21)19(2)10-6-9-14-7-4-3-5-8-14/h3-5,7-8,11-12H,6,9-10H2,1-2H3,(H,18,20). The third-order valence-corrected chi connectivity index (χ3v) is 3.44. The van der Waals surface area contributed by atoms with Gasteiger partial charge in [-0.15, -0.1) is 0 Å². The van der Waals surface area contributed by atoms with E-state index < -0.39 is 0 Å². The van der Waals surface area contributed by atoms with Crippen molar-refractivity contribution in [3.63, 3.8) is 0 Å². The first kappa shape index (κ1) is 15.0. The van der Waals surface area contributed by atoms with Crippen LogP contribution in [0.1, 0.15) is 28.0 Å². The lowest BCUT2D eigenvalue weighted by molar-refractivity contribution is 0.0792. The van der Waals surface area contributed by atoms with Gasteiger partial charge in [-0.3, -0.25) is 9.59 Å². The smallest absolute Gasteiger partial charge is 0.259 e. The van der Waals surface area contributed by atoms with Crippen LogP contribution in [0.4, 0.5) is 0 Å². The molecule has 0 unspecified atom stereocenters. The maximum absolute atomic E-state index is 12.2. The van der Waals surface area contributed by atoms with Crippen LogP contribution in [0.3, 0.4) is 0 Å². The summed E-state index contributed by atoms with van der Waals surface area (Å²) in [6, 6.07) is 11.6. The molecule has 1 amide bonds. The summed E-state index contributed by atoms with van der Waals surface area (Å²) in [5.74, 6) is -0.232. The summed E-state index contributed by atoms with van der Waals surface area (Å²) < 4.78 is 0. The molecule has 0 saturated heterocycles. The SMILES string of the molecule is Cc1cc(=O)c(C(=O)N(C)CCCc2ccccc2)c[nH]1. The Bertz CT molecular complexity index is 662. The number of nitrogens with one attached hydrogen (secondary N) is 1. The van der Waals surface area contributed by atoms with Gasteiger partial charge < -0.3 is 9.88 Å². The van der Waals surface area contributed by atoms with Crippen LogP contribution < -0.4 is 5.43 Å². The Kier molecular flexibility index (Phi) is 4.93.